The second-order valence-corrected chi connectivity index (χ2v) is 7.03. The lowest BCUT2D eigenvalue weighted by Gasteiger charge is -2.24. The van der Waals surface area contributed by atoms with Gasteiger partial charge in [-0.2, -0.15) is 0 Å². The number of carbonyl (C=O) groups is 1. The molecule has 0 saturated carbocycles. The molecule has 0 aliphatic carbocycles. The summed E-state index contributed by atoms with van der Waals surface area (Å²) in [5.74, 6) is 2.62. The van der Waals surface area contributed by atoms with Crippen LogP contribution in [0.15, 0.2) is 24.3 Å². The van der Waals surface area contributed by atoms with Gasteiger partial charge in [0.2, 0.25) is 0 Å². The highest BCUT2D eigenvalue weighted by molar-refractivity contribution is 5.81. The van der Waals surface area contributed by atoms with E-state index < -0.39 is 6.10 Å². The van der Waals surface area contributed by atoms with Crippen LogP contribution in [0, 0.1) is 12.8 Å². The first kappa shape index (κ1) is 17.5. The van der Waals surface area contributed by atoms with Gasteiger partial charge in [0.1, 0.15) is 11.6 Å². The van der Waals surface area contributed by atoms with E-state index >= 15 is 0 Å². The van der Waals surface area contributed by atoms with Gasteiger partial charge >= 0.3 is 0 Å². The Bertz CT molecular complexity index is 736. The fraction of sp³-hybridized carbons (Fsp3) is 0.526. The van der Waals surface area contributed by atoms with Crippen LogP contribution in [0.25, 0.3) is 0 Å². The van der Waals surface area contributed by atoms with E-state index in [0.717, 1.165) is 36.6 Å². The zero-order valence-electron chi connectivity index (χ0n) is 15.3. The second kappa shape index (κ2) is 7.25. The average molecular weight is 342 g/mol. The van der Waals surface area contributed by atoms with Gasteiger partial charge in [0.25, 0.3) is 5.91 Å². The third-order valence-corrected chi connectivity index (χ3v) is 4.58. The summed E-state index contributed by atoms with van der Waals surface area (Å²) in [6.07, 6.45) is 1.47. The zero-order valence-corrected chi connectivity index (χ0v) is 15.3. The minimum Gasteiger partial charge on any atom is -0.481 e. The van der Waals surface area contributed by atoms with E-state index in [-0.39, 0.29) is 17.9 Å². The predicted molar refractivity (Wildman–Crippen MR) is 95.3 cm³/mol. The topological polar surface area (TPSA) is 69.0 Å². The molecule has 1 N–H and O–H groups in total. The third kappa shape index (κ3) is 3.83. The molecule has 6 heteroatoms. The minimum absolute atomic E-state index is 0.144. The lowest BCUT2D eigenvalue weighted by atomic mass is 10.0. The van der Waals surface area contributed by atoms with Gasteiger partial charge in [-0.1, -0.05) is 31.5 Å². The number of hydrogen-bond acceptors (Lipinski definition) is 4. The number of aromatic nitrogens is 3. The van der Waals surface area contributed by atoms with Gasteiger partial charge in [0, 0.05) is 13.0 Å². The standard InChI is InChI=1S/C19H26N4O2/c1-12(2)17(18-22-21-16-6-5-11-23(16)18)20-19(24)14(4)25-15-9-7-13(3)8-10-15/h7-10,12,14,17H,5-6,11H2,1-4H3,(H,20,24)/t14-,17-/m1/s1. The van der Waals surface area contributed by atoms with Gasteiger partial charge in [0.05, 0.1) is 6.04 Å². The average Bonchev–Trinajstić information content (AvgIpc) is 3.18. The van der Waals surface area contributed by atoms with E-state index in [9.17, 15) is 4.79 Å². The maximum Gasteiger partial charge on any atom is 0.261 e. The Hall–Kier alpha value is -2.37. The van der Waals surface area contributed by atoms with Crippen molar-refractivity contribution < 1.29 is 9.53 Å². The molecule has 1 aliphatic rings. The van der Waals surface area contributed by atoms with Crippen LogP contribution >= 0.6 is 0 Å². The predicted octanol–water partition coefficient (Wildman–Crippen LogP) is 2.81. The molecule has 3 rings (SSSR count). The number of rotatable bonds is 6. The number of nitrogens with zero attached hydrogens (tertiary/aromatic N) is 3. The third-order valence-electron chi connectivity index (χ3n) is 4.58. The maximum atomic E-state index is 12.6. The molecule has 0 saturated heterocycles. The van der Waals surface area contributed by atoms with Crippen LogP contribution in [0.2, 0.25) is 0 Å². The molecule has 2 aromatic rings. The smallest absolute Gasteiger partial charge is 0.261 e. The van der Waals surface area contributed by atoms with Crippen LogP contribution in [0.3, 0.4) is 0 Å². The zero-order chi connectivity index (χ0) is 18.0. The molecule has 0 radical (unpaired) electrons. The quantitative estimate of drug-likeness (QED) is 0.876. The van der Waals surface area contributed by atoms with Crippen LogP contribution in [0.5, 0.6) is 5.75 Å². The van der Waals surface area contributed by atoms with Crippen molar-refractivity contribution in [3.8, 4) is 5.75 Å². The summed E-state index contributed by atoms with van der Waals surface area (Å²) in [5, 5.41) is 11.7. The fourth-order valence-corrected chi connectivity index (χ4v) is 3.08. The largest absolute Gasteiger partial charge is 0.481 e. The Kier molecular flexibility index (Phi) is 5.06. The molecule has 0 bridgehead atoms. The van der Waals surface area contributed by atoms with Crippen molar-refractivity contribution in [3.63, 3.8) is 0 Å². The molecule has 0 unspecified atom stereocenters. The Labute approximate surface area is 148 Å². The van der Waals surface area contributed by atoms with Crippen molar-refractivity contribution in [2.24, 2.45) is 5.92 Å². The summed E-state index contributed by atoms with van der Waals surface area (Å²) < 4.78 is 7.90. The Balaban J connectivity index is 1.69. The molecule has 2 heterocycles. The number of aryl methyl sites for hydroxylation is 2. The van der Waals surface area contributed by atoms with Crippen LogP contribution < -0.4 is 10.1 Å². The van der Waals surface area contributed by atoms with Crippen molar-refractivity contribution in [2.45, 2.75) is 59.2 Å². The molecular weight excluding hydrogens is 316 g/mol. The lowest BCUT2D eigenvalue weighted by molar-refractivity contribution is -0.128. The summed E-state index contributed by atoms with van der Waals surface area (Å²) in [6, 6.07) is 7.53. The van der Waals surface area contributed by atoms with Gasteiger partial charge < -0.3 is 14.6 Å². The normalized spacial score (nSPS) is 15.7. The molecule has 1 aliphatic heterocycles. The van der Waals surface area contributed by atoms with Crippen LogP contribution in [0.1, 0.15) is 50.4 Å². The number of carbonyl (C=O) groups excluding carboxylic acids is 1. The molecule has 25 heavy (non-hydrogen) atoms. The van der Waals surface area contributed by atoms with Crippen LogP contribution in [0.4, 0.5) is 0 Å². The number of amides is 1. The number of fused-ring (bicyclic) bond motifs is 1. The molecule has 2 atom stereocenters. The van der Waals surface area contributed by atoms with E-state index in [0.29, 0.717) is 5.75 Å². The van der Waals surface area contributed by atoms with E-state index in [1.165, 1.54) is 0 Å². The van der Waals surface area contributed by atoms with Crippen molar-refractivity contribution in [3.05, 3.63) is 41.5 Å². The first-order valence-corrected chi connectivity index (χ1v) is 8.91. The number of hydrogen-bond donors (Lipinski definition) is 1. The Morgan fingerprint density at radius 2 is 1.92 bits per heavy atom. The molecule has 134 valence electrons. The van der Waals surface area contributed by atoms with Crippen molar-refractivity contribution >= 4 is 5.91 Å². The first-order chi connectivity index (χ1) is 12.0. The van der Waals surface area contributed by atoms with Crippen LogP contribution in [-0.2, 0) is 17.8 Å². The summed E-state index contributed by atoms with van der Waals surface area (Å²) in [6.45, 7) is 8.86. The van der Waals surface area contributed by atoms with Gasteiger partial charge in [-0.3, -0.25) is 4.79 Å². The molecule has 0 fully saturated rings. The highest BCUT2D eigenvalue weighted by atomic mass is 16.5. The van der Waals surface area contributed by atoms with Crippen molar-refractivity contribution in [2.75, 3.05) is 0 Å². The van der Waals surface area contributed by atoms with Gasteiger partial charge in [-0.25, -0.2) is 0 Å². The van der Waals surface area contributed by atoms with Crippen molar-refractivity contribution in [1.29, 1.82) is 0 Å². The van der Waals surface area contributed by atoms with E-state index in [1.807, 2.05) is 31.2 Å². The van der Waals surface area contributed by atoms with Gasteiger partial charge in [-0.15, -0.1) is 10.2 Å². The maximum absolute atomic E-state index is 12.6. The molecule has 0 spiro atoms. The summed E-state index contributed by atoms with van der Waals surface area (Å²) in [4.78, 5) is 12.6. The fourth-order valence-electron chi connectivity index (χ4n) is 3.08. The molecule has 6 nitrogen and oxygen atoms in total. The number of nitrogens with one attached hydrogen (secondary N) is 1. The monoisotopic (exact) mass is 342 g/mol. The second-order valence-electron chi connectivity index (χ2n) is 7.03. The molecule has 1 aromatic heterocycles. The first-order valence-electron chi connectivity index (χ1n) is 8.91. The highest BCUT2D eigenvalue weighted by Crippen LogP contribution is 2.25. The van der Waals surface area contributed by atoms with Crippen molar-refractivity contribution in [1.82, 2.24) is 20.1 Å². The Morgan fingerprint density at radius 3 is 2.60 bits per heavy atom. The van der Waals surface area contributed by atoms with Gasteiger partial charge in [0.15, 0.2) is 11.9 Å². The van der Waals surface area contributed by atoms with Crippen LogP contribution in [-0.4, -0.2) is 26.8 Å². The Morgan fingerprint density at radius 1 is 1.20 bits per heavy atom. The summed E-state index contributed by atoms with van der Waals surface area (Å²) in [7, 11) is 0. The SMILES string of the molecule is Cc1ccc(O[C@H](C)C(=O)N[C@@H](c2nnc3n2CCC3)C(C)C)cc1. The lowest BCUT2D eigenvalue weighted by Crippen LogP contribution is -2.41. The summed E-state index contributed by atoms with van der Waals surface area (Å²) >= 11 is 0. The van der Waals surface area contributed by atoms with E-state index in [2.05, 4.69) is 33.9 Å². The van der Waals surface area contributed by atoms with E-state index in [1.54, 1.807) is 6.92 Å². The number of ether oxygens (including phenoxy) is 1. The molecule has 1 aromatic carbocycles. The van der Waals surface area contributed by atoms with Gasteiger partial charge in [-0.05, 0) is 38.3 Å². The minimum atomic E-state index is -0.579. The molecule has 1 amide bonds. The number of benzene rings is 1. The van der Waals surface area contributed by atoms with E-state index in [4.69, 9.17) is 4.74 Å². The summed E-state index contributed by atoms with van der Waals surface area (Å²) in [5.41, 5.74) is 1.16. The molecular formula is C19H26N4O2. The highest BCUT2D eigenvalue weighted by Gasteiger charge is 2.29.